The number of likely N-dealkylation sites (tertiary alicyclic amines) is 1. The van der Waals surface area contributed by atoms with Gasteiger partial charge in [-0.25, -0.2) is 13.6 Å². The number of anilines is 2. The molecule has 52 heavy (non-hydrogen) atoms. The van der Waals surface area contributed by atoms with Gasteiger partial charge >= 0.3 is 6.09 Å². The fourth-order valence-electron chi connectivity index (χ4n) is 6.92. The zero-order valence-corrected chi connectivity index (χ0v) is 29.8. The summed E-state index contributed by atoms with van der Waals surface area (Å²) in [5.74, 6) is -3.01. The molecule has 4 aromatic rings. The third kappa shape index (κ3) is 9.46. The van der Waals surface area contributed by atoms with E-state index < -0.39 is 17.9 Å². The summed E-state index contributed by atoms with van der Waals surface area (Å²) in [7, 11) is 0. The highest BCUT2D eigenvalue weighted by molar-refractivity contribution is 5.97. The molecule has 12 heteroatoms. The maximum atomic E-state index is 15.7. The van der Waals surface area contributed by atoms with Crippen molar-refractivity contribution in [2.45, 2.75) is 64.0 Å². The van der Waals surface area contributed by atoms with Crippen LogP contribution in [0.5, 0.6) is 5.88 Å². The van der Waals surface area contributed by atoms with Gasteiger partial charge in [-0.3, -0.25) is 0 Å². The van der Waals surface area contributed by atoms with E-state index in [1.54, 1.807) is 12.1 Å². The van der Waals surface area contributed by atoms with Crippen molar-refractivity contribution in [3.05, 3.63) is 89.5 Å². The van der Waals surface area contributed by atoms with Crippen molar-refractivity contribution in [1.29, 1.82) is 0 Å². The number of aromatic nitrogens is 2. The number of piperidine rings is 1. The largest absolute Gasteiger partial charge is 0.476 e. The highest BCUT2D eigenvalue weighted by Crippen LogP contribution is 2.42. The van der Waals surface area contributed by atoms with Crippen molar-refractivity contribution >= 4 is 28.4 Å². The van der Waals surface area contributed by atoms with Gasteiger partial charge in [0.2, 0.25) is 5.88 Å². The minimum Gasteiger partial charge on any atom is -0.476 e. The number of halogens is 2. The van der Waals surface area contributed by atoms with Gasteiger partial charge in [0.15, 0.2) is 5.82 Å². The first-order valence-electron chi connectivity index (χ1n) is 18.4. The predicted molar refractivity (Wildman–Crippen MR) is 197 cm³/mol. The molecule has 2 N–H and O–H groups in total. The molecule has 0 radical (unpaired) electrons. The second-order valence-electron chi connectivity index (χ2n) is 13.6. The lowest BCUT2D eigenvalue weighted by molar-refractivity contribution is -0.0836. The number of amides is 1. The molecule has 278 valence electrons. The molecule has 2 aliphatic rings. The van der Waals surface area contributed by atoms with Gasteiger partial charge in [-0.05, 0) is 74.4 Å². The molecule has 0 bridgehead atoms. The number of ether oxygens (including phenoxy) is 3. The van der Waals surface area contributed by atoms with Crippen LogP contribution in [-0.4, -0.2) is 78.9 Å². The van der Waals surface area contributed by atoms with E-state index in [1.807, 2.05) is 37.3 Å². The number of rotatable bonds is 16. The maximum absolute atomic E-state index is 15.7. The smallest absolute Gasteiger partial charge is 0.407 e. The topological polar surface area (TPSA) is 109 Å². The molecule has 0 unspecified atom stereocenters. The first kappa shape index (κ1) is 37.2. The highest BCUT2D eigenvalue weighted by atomic mass is 19.3. The van der Waals surface area contributed by atoms with Crippen LogP contribution in [0.1, 0.15) is 68.2 Å². The van der Waals surface area contributed by atoms with Crippen molar-refractivity contribution in [2.24, 2.45) is 5.92 Å². The lowest BCUT2D eigenvalue weighted by atomic mass is 9.85. The number of alkyl halides is 2. The molecule has 1 aromatic heterocycles. The van der Waals surface area contributed by atoms with Gasteiger partial charge in [-0.2, -0.15) is 0 Å². The molecular weight excluding hydrogens is 668 g/mol. The highest BCUT2D eigenvalue weighted by Gasteiger charge is 2.43. The number of hydrogen-bond acceptors (Lipinski definition) is 8. The molecule has 0 spiro atoms. The fraction of sp³-hybridized carbons (Fsp3) is 0.475. The van der Waals surface area contributed by atoms with Crippen LogP contribution in [0.25, 0.3) is 10.8 Å². The number of hydrogen-bond donors (Lipinski definition) is 2. The van der Waals surface area contributed by atoms with Gasteiger partial charge in [-0.1, -0.05) is 55.0 Å². The van der Waals surface area contributed by atoms with Crippen LogP contribution in [0.3, 0.4) is 0 Å². The van der Waals surface area contributed by atoms with Crippen LogP contribution in [0.15, 0.2) is 72.8 Å². The van der Waals surface area contributed by atoms with E-state index in [2.05, 4.69) is 44.7 Å². The number of nitrogens with one attached hydrogen (secondary N) is 1. The first-order chi connectivity index (χ1) is 25.3. The zero-order valence-electron chi connectivity index (χ0n) is 29.8. The Kier molecular flexibility index (Phi) is 12.7. The summed E-state index contributed by atoms with van der Waals surface area (Å²) < 4.78 is 49.0. The van der Waals surface area contributed by atoms with Crippen molar-refractivity contribution in [3.63, 3.8) is 0 Å². The Morgan fingerprint density at radius 1 is 0.923 bits per heavy atom. The van der Waals surface area contributed by atoms with E-state index in [9.17, 15) is 9.90 Å². The normalized spacial score (nSPS) is 16.2. The second-order valence-corrected chi connectivity index (χ2v) is 13.6. The van der Waals surface area contributed by atoms with Gasteiger partial charge < -0.3 is 34.4 Å². The summed E-state index contributed by atoms with van der Waals surface area (Å²) in [6.45, 7) is 6.90. The monoisotopic (exact) mass is 717 g/mol. The second kappa shape index (κ2) is 17.8. The summed E-state index contributed by atoms with van der Waals surface area (Å²) in [5.41, 5.74) is 2.85. The van der Waals surface area contributed by atoms with Crippen molar-refractivity contribution in [1.82, 2.24) is 15.1 Å². The fourth-order valence-corrected chi connectivity index (χ4v) is 6.92. The minimum absolute atomic E-state index is 0.0676. The lowest BCUT2D eigenvalue weighted by Gasteiger charge is -2.35. The number of benzene rings is 3. The number of carbonyl (C=O) groups is 1. The quantitative estimate of drug-likeness (QED) is 0.111. The number of nitrogens with zero attached hydrogens (tertiary/aromatic N) is 4. The molecule has 10 nitrogen and oxygen atoms in total. The number of unbranched alkanes of at least 4 members (excludes halogenated alkanes) is 3. The van der Waals surface area contributed by atoms with E-state index in [-0.39, 0.29) is 37.5 Å². The summed E-state index contributed by atoms with van der Waals surface area (Å²) >= 11 is 0. The van der Waals surface area contributed by atoms with Crippen LogP contribution in [-0.2, 0) is 22.0 Å². The first-order valence-corrected chi connectivity index (χ1v) is 18.4. The Labute approximate surface area is 304 Å². The van der Waals surface area contributed by atoms with E-state index >= 15 is 8.78 Å². The molecule has 2 saturated heterocycles. The van der Waals surface area contributed by atoms with Gasteiger partial charge in [0, 0.05) is 55.3 Å². The molecule has 1 atom stereocenters. The molecule has 0 saturated carbocycles. The Balaban J connectivity index is 1.10. The Morgan fingerprint density at radius 3 is 2.42 bits per heavy atom. The molecule has 0 aliphatic carbocycles. The lowest BCUT2D eigenvalue weighted by Crippen LogP contribution is -2.41. The third-order valence-corrected chi connectivity index (χ3v) is 10.0. The van der Waals surface area contributed by atoms with E-state index in [4.69, 9.17) is 14.2 Å². The van der Waals surface area contributed by atoms with Crippen LogP contribution >= 0.6 is 0 Å². The molecule has 1 amide bonds. The summed E-state index contributed by atoms with van der Waals surface area (Å²) in [6.07, 6.45) is 3.09. The van der Waals surface area contributed by atoms with Crippen molar-refractivity contribution in [3.8, 4) is 5.88 Å². The Morgan fingerprint density at radius 2 is 1.67 bits per heavy atom. The van der Waals surface area contributed by atoms with Gasteiger partial charge in [0.1, 0.15) is 0 Å². The third-order valence-electron chi connectivity index (χ3n) is 10.0. The predicted octanol–water partition coefficient (Wildman–Crippen LogP) is 8.28. The summed E-state index contributed by atoms with van der Waals surface area (Å²) in [4.78, 5) is 14.8. The molecule has 6 rings (SSSR count). The van der Waals surface area contributed by atoms with Gasteiger partial charge in [0.05, 0.1) is 37.9 Å². The average molecular weight is 718 g/mol. The van der Waals surface area contributed by atoms with Gasteiger partial charge in [-0.15, -0.1) is 10.2 Å². The number of carboxylic acid groups (broad SMARTS) is 1. The molecule has 3 heterocycles. The number of morpholine rings is 1. The Bertz CT molecular complexity index is 1750. The van der Waals surface area contributed by atoms with E-state index in [0.29, 0.717) is 43.7 Å². The van der Waals surface area contributed by atoms with E-state index in [0.717, 1.165) is 61.8 Å². The Hall–Kier alpha value is -4.55. The SMILES string of the molecule is C[C@@H](Nc1nnc(OCCCCCCOCc2ccccc2)c2cc(N3CCOCC3)ccc12)c1cccc(C(F)(F)C2CCN(C(=O)O)CC2)c1. The summed E-state index contributed by atoms with van der Waals surface area (Å²) in [6, 6.07) is 22.4. The maximum Gasteiger partial charge on any atom is 0.407 e. The van der Waals surface area contributed by atoms with Gasteiger partial charge in [0.25, 0.3) is 5.92 Å². The van der Waals surface area contributed by atoms with Crippen LogP contribution in [0.4, 0.5) is 25.1 Å². The molecule has 2 fully saturated rings. The zero-order chi connectivity index (χ0) is 36.3. The van der Waals surface area contributed by atoms with E-state index in [1.165, 1.54) is 16.5 Å². The molecular formula is C40H49F2N5O5. The van der Waals surface area contributed by atoms with Crippen molar-refractivity contribution < 1.29 is 32.9 Å². The van der Waals surface area contributed by atoms with Crippen LogP contribution in [0, 0.1) is 5.92 Å². The molecule has 2 aliphatic heterocycles. The number of fused-ring (bicyclic) bond motifs is 1. The minimum atomic E-state index is -3.09. The van der Waals surface area contributed by atoms with Crippen LogP contribution < -0.4 is 15.0 Å². The van der Waals surface area contributed by atoms with Crippen LogP contribution in [0.2, 0.25) is 0 Å². The standard InChI is InChI=1S/C40H49F2N5O5/c1-29(31-12-9-13-33(26-31)40(41,42)32-16-18-47(19-17-32)39(48)49)43-37-35-15-14-34(46-20-24-50-25-21-46)27-36(35)38(45-44-37)52-23-8-3-2-7-22-51-28-30-10-5-4-6-11-30/h4-6,9-15,26-27,29,32H,2-3,7-8,16-25,28H2,1H3,(H,43,44)(H,48,49)/t29-/m1/s1. The molecule has 3 aromatic carbocycles. The van der Waals surface area contributed by atoms with Crippen molar-refractivity contribution in [2.75, 3.05) is 62.8 Å². The average Bonchev–Trinajstić information content (AvgIpc) is 3.18. The summed E-state index contributed by atoms with van der Waals surface area (Å²) in [5, 5.41) is 23.3.